The molecular weight excluding hydrogens is 304 g/mol. The van der Waals surface area contributed by atoms with Crippen LogP contribution >= 0.6 is 0 Å². The first kappa shape index (κ1) is 15.4. The Bertz CT molecular complexity index is 535. The number of para-hydroxylation sites is 1. The third kappa shape index (κ3) is 4.17. The van der Waals surface area contributed by atoms with E-state index in [-0.39, 0.29) is 22.9 Å². The molecule has 0 aliphatic heterocycles. The first-order valence-electron chi connectivity index (χ1n) is 5.97. The Morgan fingerprint density at radius 3 is 2.21 bits per heavy atom. The van der Waals surface area contributed by atoms with Crippen molar-refractivity contribution >= 4 is 11.6 Å². The van der Waals surface area contributed by atoms with Crippen LogP contribution < -0.4 is 26.9 Å². The molecule has 2 rings (SSSR count). The second kappa shape index (κ2) is 7.04. The number of pyridine rings is 1. The van der Waals surface area contributed by atoms with Crippen molar-refractivity contribution in [3.8, 4) is 0 Å². The summed E-state index contributed by atoms with van der Waals surface area (Å²) in [6, 6.07) is 11.7. The molecular formula is C15H17BrN2O. The standard InChI is InChI=1S/C15H16N2O.BrH/c1-12-7-6-8-13(2)15(12)16-14(18)11-17-9-4-3-5-10-17;/h3-10H,11H2,1-2H3;1H. The summed E-state index contributed by atoms with van der Waals surface area (Å²) in [6.07, 6.45) is 3.76. The van der Waals surface area contributed by atoms with E-state index >= 15 is 0 Å². The highest BCUT2D eigenvalue weighted by Gasteiger charge is 2.11. The molecule has 0 aliphatic carbocycles. The predicted molar refractivity (Wildman–Crippen MR) is 71.2 cm³/mol. The summed E-state index contributed by atoms with van der Waals surface area (Å²) >= 11 is 0. The second-order valence-corrected chi connectivity index (χ2v) is 4.36. The SMILES string of the molecule is Cc1cccc(C)c1NC(=O)C[n+]1ccccc1.[Br-]. The zero-order valence-electron chi connectivity index (χ0n) is 11.1. The maximum absolute atomic E-state index is 12.0. The topological polar surface area (TPSA) is 33.0 Å². The Morgan fingerprint density at radius 1 is 1.05 bits per heavy atom. The highest BCUT2D eigenvalue weighted by atomic mass is 79.9. The van der Waals surface area contributed by atoms with Crippen LogP contribution in [-0.2, 0) is 11.3 Å². The average molecular weight is 321 g/mol. The van der Waals surface area contributed by atoms with Crippen LogP contribution in [0, 0.1) is 13.8 Å². The van der Waals surface area contributed by atoms with Crippen LogP contribution in [-0.4, -0.2) is 5.91 Å². The van der Waals surface area contributed by atoms with Gasteiger partial charge in [-0.15, -0.1) is 0 Å². The Morgan fingerprint density at radius 2 is 1.63 bits per heavy atom. The van der Waals surface area contributed by atoms with Crippen molar-refractivity contribution in [2.24, 2.45) is 0 Å². The number of rotatable bonds is 3. The minimum atomic E-state index is -0.0106. The number of aryl methyl sites for hydroxylation is 2. The Kier molecular flexibility index (Phi) is 5.70. The predicted octanol–water partition coefficient (Wildman–Crippen LogP) is -0.766. The first-order valence-corrected chi connectivity index (χ1v) is 5.97. The number of amides is 1. The Hall–Kier alpha value is -1.68. The monoisotopic (exact) mass is 320 g/mol. The summed E-state index contributed by atoms with van der Waals surface area (Å²) in [5.74, 6) is -0.0106. The fourth-order valence-electron chi connectivity index (χ4n) is 1.90. The van der Waals surface area contributed by atoms with E-state index < -0.39 is 0 Å². The van der Waals surface area contributed by atoms with Gasteiger partial charge < -0.3 is 22.3 Å². The van der Waals surface area contributed by atoms with Gasteiger partial charge >= 0.3 is 0 Å². The quantitative estimate of drug-likeness (QED) is 0.741. The number of carbonyl (C=O) groups is 1. The molecule has 0 bridgehead atoms. The van der Waals surface area contributed by atoms with Gasteiger partial charge in [-0.25, -0.2) is 0 Å². The lowest BCUT2D eigenvalue weighted by Gasteiger charge is -2.09. The van der Waals surface area contributed by atoms with E-state index in [1.54, 1.807) is 0 Å². The number of benzene rings is 1. The van der Waals surface area contributed by atoms with Gasteiger partial charge in [-0.05, 0) is 25.0 Å². The zero-order chi connectivity index (χ0) is 13.0. The van der Waals surface area contributed by atoms with Crippen LogP contribution in [0.15, 0.2) is 48.8 Å². The van der Waals surface area contributed by atoms with Crippen molar-refractivity contribution in [3.63, 3.8) is 0 Å². The number of hydrogen-bond donors (Lipinski definition) is 1. The largest absolute Gasteiger partial charge is 1.00 e. The molecule has 1 aromatic heterocycles. The van der Waals surface area contributed by atoms with Gasteiger partial charge in [0.05, 0.1) is 0 Å². The molecule has 0 saturated carbocycles. The lowest BCUT2D eigenvalue weighted by molar-refractivity contribution is -0.684. The smallest absolute Gasteiger partial charge is 0.290 e. The molecule has 0 aliphatic rings. The number of nitrogens with one attached hydrogen (secondary N) is 1. The molecule has 1 N–H and O–H groups in total. The summed E-state index contributed by atoms with van der Waals surface area (Å²) in [6.45, 7) is 4.32. The molecule has 0 fully saturated rings. The molecule has 1 amide bonds. The summed E-state index contributed by atoms with van der Waals surface area (Å²) in [7, 11) is 0. The Balaban J connectivity index is 0.00000180. The molecule has 0 radical (unpaired) electrons. The third-order valence-electron chi connectivity index (χ3n) is 2.85. The maximum atomic E-state index is 12.0. The molecule has 1 heterocycles. The van der Waals surface area contributed by atoms with Crippen molar-refractivity contribution in [1.82, 2.24) is 0 Å². The number of halogens is 1. The molecule has 3 nitrogen and oxygen atoms in total. The van der Waals surface area contributed by atoms with Crippen LogP contribution in [0.25, 0.3) is 0 Å². The summed E-state index contributed by atoms with van der Waals surface area (Å²) < 4.78 is 1.85. The summed E-state index contributed by atoms with van der Waals surface area (Å²) in [5, 5.41) is 2.97. The number of carbonyl (C=O) groups excluding carboxylic acids is 1. The van der Waals surface area contributed by atoms with Crippen molar-refractivity contribution in [1.29, 1.82) is 0 Å². The van der Waals surface area contributed by atoms with Gasteiger partial charge in [0.25, 0.3) is 5.91 Å². The molecule has 4 heteroatoms. The number of hydrogen-bond acceptors (Lipinski definition) is 1. The van der Waals surface area contributed by atoms with E-state index in [1.807, 2.05) is 67.2 Å². The molecule has 2 aromatic rings. The maximum Gasteiger partial charge on any atom is 0.290 e. The number of anilines is 1. The van der Waals surface area contributed by atoms with E-state index in [1.165, 1.54) is 0 Å². The lowest BCUT2D eigenvalue weighted by atomic mass is 10.1. The minimum absolute atomic E-state index is 0. The summed E-state index contributed by atoms with van der Waals surface area (Å²) in [4.78, 5) is 12.0. The normalized spacial score (nSPS) is 9.58. The van der Waals surface area contributed by atoms with Crippen LogP contribution in [0.3, 0.4) is 0 Å². The fraction of sp³-hybridized carbons (Fsp3) is 0.200. The molecule has 0 spiro atoms. The second-order valence-electron chi connectivity index (χ2n) is 4.36. The average Bonchev–Trinajstić information content (AvgIpc) is 2.35. The van der Waals surface area contributed by atoms with E-state index in [2.05, 4.69) is 5.32 Å². The number of nitrogens with zero attached hydrogens (tertiary/aromatic N) is 1. The van der Waals surface area contributed by atoms with E-state index in [0.717, 1.165) is 16.8 Å². The molecule has 1 aromatic carbocycles. The van der Waals surface area contributed by atoms with Crippen LogP contribution in [0.2, 0.25) is 0 Å². The first-order chi connectivity index (χ1) is 8.66. The van der Waals surface area contributed by atoms with Gasteiger partial charge in [0.1, 0.15) is 0 Å². The molecule has 0 unspecified atom stereocenters. The van der Waals surface area contributed by atoms with Crippen molar-refractivity contribution in [3.05, 3.63) is 59.9 Å². The van der Waals surface area contributed by atoms with Crippen molar-refractivity contribution < 1.29 is 26.3 Å². The molecule has 0 atom stereocenters. The fourth-order valence-corrected chi connectivity index (χ4v) is 1.90. The zero-order valence-corrected chi connectivity index (χ0v) is 12.6. The van der Waals surface area contributed by atoms with Gasteiger partial charge in [-0.1, -0.05) is 24.3 Å². The van der Waals surface area contributed by atoms with Crippen LogP contribution in [0.1, 0.15) is 11.1 Å². The van der Waals surface area contributed by atoms with Gasteiger partial charge in [0.2, 0.25) is 6.54 Å². The summed E-state index contributed by atoms with van der Waals surface area (Å²) in [5.41, 5.74) is 3.09. The highest BCUT2D eigenvalue weighted by molar-refractivity contribution is 5.91. The van der Waals surface area contributed by atoms with Gasteiger partial charge in [0, 0.05) is 17.8 Å². The third-order valence-corrected chi connectivity index (χ3v) is 2.85. The van der Waals surface area contributed by atoms with Crippen molar-refractivity contribution in [2.45, 2.75) is 20.4 Å². The van der Waals surface area contributed by atoms with Crippen molar-refractivity contribution in [2.75, 3.05) is 5.32 Å². The minimum Gasteiger partial charge on any atom is -1.00 e. The van der Waals surface area contributed by atoms with E-state index in [0.29, 0.717) is 6.54 Å². The van der Waals surface area contributed by atoms with Gasteiger partial charge in [0.15, 0.2) is 12.4 Å². The highest BCUT2D eigenvalue weighted by Crippen LogP contribution is 2.18. The lowest BCUT2D eigenvalue weighted by Crippen LogP contribution is -3.00. The van der Waals surface area contributed by atoms with E-state index in [9.17, 15) is 4.79 Å². The van der Waals surface area contributed by atoms with Gasteiger partial charge in [-0.3, -0.25) is 4.79 Å². The van der Waals surface area contributed by atoms with Gasteiger partial charge in [-0.2, -0.15) is 4.57 Å². The molecule has 100 valence electrons. The Labute approximate surface area is 124 Å². The van der Waals surface area contributed by atoms with Crippen LogP contribution in [0.4, 0.5) is 5.69 Å². The number of aromatic nitrogens is 1. The van der Waals surface area contributed by atoms with E-state index in [4.69, 9.17) is 0 Å². The molecule has 0 saturated heterocycles. The van der Waals surface area contributed by atoms with Crippen LogP contribution in [0.5, 0.6) is 0 Å². The molecule has 19 heavy (non-hydrogen) atoms.